The van der Waals surface area contributed by atoms with Crippen molar-refractivity contribution in [2.45, 2.75) is 6.92 Å². The number of hydrazine groups is 1. The molecule has 2 rings (SSSR count). The number of anilines is 1. The maximum atomic E-state index is 13.0. The number of hydrogen-bond donors (Lipinski definition) is 2. The van der Waals surface area contributed by atoms with Crippen LogP contribution < -0.4 is 11.3 Å². The fourth-order valence-corrected chi connectivity index (χ4v) is 1.46. The molecule has 0 saturated heterocycles. The molecule has 14 heavy (non-hydrogen) atoms. The number of aromatic nitrogens is 1. The van der Waals surface area contributed by atoms with Crippen molar-refractivity contribution in [3.8, 4) is 0 Å². The summed E-state index contributed by atoms with van der Waals surface area (Å²) in [5.41, 5.74) is 3.91. The second-order valence-corrected chi connectivity index (χ2v) is 3.13. The van der Waals surface area contributed by atoms with Gasteiger partial charge in [-0.1, -0.05) is 0 Å². The van der Waals surface area contributed by atoms with E-state index in [-0.39, 0.29) is 5.82 Å². The van der Waals surface area contributed by atoms with Gasteiger partial charge in [-0.3, -0.25) is 0 Å². The zero-order valence-electron chi connectivity index (χ0n) is 7.71. The molecule has 2 aromatic rings. The van der Waals surface area contributed by atoms with Gasteiger partial charge < -0.3 is 5.43 Å². The molecule has 3 N–H and O–H groups in total. The summed E-state index contributed by atoms with van der Waals surface area (Å²) in [5.74, 6) is 5.46. The molecule has 1 aromatic heterocycles. The Balaban J connectivity index is 2.75. The lowest BCUT2D eigenvalue weighted by atomic mass is 10.1. The molecule has 1 heterocycles. The van der Waals surface area contributed by atoms with Crippen molar-refractivity contribution in [3.63, 3.8) is 0 Å². The fraction of sp³-hybridized carbons (Fsp3) is 0.100. The highest BCUT2D eigenvalue weighted by atomic mass is 19.1. The highest BCUT2D eigenvalue weighted by molar-refractivity contribution is 5.83. The van der Waals surface area contributed by atoms with Crippen molar-refractivity contribution >= 4 is 16.7 Å². The summed E-state index contributed by atoms with van der Waals surface area (Å²) in [7, 11) is 0. The largest absolute Gasteiger partial charge is 0.308 e. The van der Waals surface area contributed by atoms with Gasteiger partial charge in [0.25, 0.3) is 0 Å². The lowest BCUT2D eigenvalue weighted by Gasteiger charge is -2.04. The van der Waals surface area contributed by atoms with E-state index >= 15 is 0 Å². The van der Waals surface area contributed by atoms with Gasteiger partial charge in [-0.25, -0.2) is 15.2 Å². The number of nitrogens with zero attached hydrogens (tertiary/aromatic N) is 1. The fourth-order valence-electron chi connectivity index (χ4n) is 1.46. The first-order valence-corrected chi connectivity index (χ1v) is 4.24. The van der Waals surface area contributed by atoms with Crippen molar-refractivity contribution in [1.29, 1.82) is 0 Å². The minimum atomic E-state index is -0.281. The third kappa shape index (κ3) is 1.40. The molecule has 0 bridgehead atoms. The van der Waals surface area contributed by atoms with Gasteiger partial charge in [0.05, 0.1) is 5.52 Å². The van der Waals surface area contributed by atoms with Crippen molar-refractivity contribution in [2.75, 3.05) is 5.43 Å². The zero-order chi connectivity index (χ0) is 10.1. The number of nitrogens with two attached hydrogens (primary N) is 1. The van der Waals surface area contributed by atoms with E-state index in [9.17, 15) is 4.39 Å². The number of fused-ring (bicyclic) bond motifs is 1. The Morgan fingerprint density at radius 1 is 1.36 bits per heavy atom. The molecule has 0 amide bonds. The van der Waals surface area contributed by atoms with Crippen molar-refractivity contribution in [1.82, 2.24) is 4.98 Å². The van der Waals surface area contributed by atoms with Crippen LogP contribution in [0, 0.1) is 12.7 Å². The number of hydrogen-bond acceptors (Lipinski definition) is 3. The minimum absolute atomic E-state index is 0.281. The average molecular weight is 191 g/mol. The van der Waals surface area contributed by atoms with Crippen LogP contribution in [0.5, 0.6) is 0 Å². The van der Waals surface area contributed by atoms with Crippen LogP contribution in [-0.2, 0) is 0 Å². The highest BCUT2D eigenvalue weighted by Gasteiger charge is 2.02. The first-order valence-electron chi connectivity index (χ1n) is 4.24. The summed E-state index contributed by atoms with van der Waals surface area (Å²) in [5, 5.41) is 0.936. The van der Waals surface area contributed by atoms with Gasteiger partial charge in [0.15, 0.2) is 0 Å². The van der Waals surface area contributed by atoms with Crippen molar-refractivity contribution in [2.24, 2.45) is 5.84 Å². The first kappa shape index (κ1) is 8.90. The normalized spacial score (nSPS) is 10.5. The molecule has 0 radical (unpaired) electrons. The summed E-state index contributed by atoms with van der Waals surface area (Å²) < 4.78 is 13.0. The van der Waals surface area contributed by atoms with E-state index in [0.29, 0.717) is 11.3 Å². The Kier molecular flexibility index (Phi) is 2.05. The number of nitrogens with one attached hydrogen (secondary N) is 1. The quantitative estimate of drug-likeness (QED) is 0.535. The number of benzene rings is 1. The molecule has 0 unspecified atom stereocenters. The molecule has 0 fully saturated rings. The maximum absolute atomic E-state index is 13.0. The van der Waals surface area contributed by atoms with Gasteiger partial charge in [0.2, 0.25) is 0 Å². The third-order valence-electron chi connectivity index (χ3n) is 2.13. The van der Waals surface area contributed by atoms with Crippen LogP contribution in [-0.4, -0.2) is 4.98 Å². The van der Waals surface area contributed by atoms with Crippen LogP contribution in [0.1, 0.15) is 5.56 Å². The number of aryl methyl sites for hydroxylation is 1. The molecule has 0 atom stereocenters. The molecule has 0 spiro atoms. The Morgan fingerprint density at radius 2 is 2.14 bits per heavy atom. The molecule has 0 saturated carbocycles. The molecular weight excluding hydrogens is 181 g/mol. The van der Waals surface area contributed by atoms with E-state index in [1.54, 1.807) is 6.07 Å². The van der Waals surface area contributed by atoms with Crippen LogP contribution in [0.3, 0.4) is 0 Å². The van der Waals surface area contributed by atoms with Crippen molar-refractivity contribution < 1.29 is 4.39 Å². The SMILES string of the molecule is Cc1cc(F)cc2nc(NN)ccc12. The summed E-state index contributed by atoms with van der Waals surface area (Å²) >= 11 is 0. The number of rotatable bonds is 1. The molecule has 0 aliphatic rings. The predicted octanol–water partition coefficient (Wildman–Crippen LogP) is 1.97. The second kappa shape index (κ2) is 3.23. The lowest BCUT2D eigenvalue weighted by molar-refractivity contribution is 0.628. The van der Waals surface area contributed by atoms with Gasteiger partial charge in [-0.2, -0.15) is 0 Å². The molecule has 72 valence electrons. The highest BCUT2D eigenvalue weighted by Crippen LogP contribution is 2.19. The van der Waals surface area contributed by atoms with E-state index < -0.39 is 0 Å². The monoisotopic (exact) mass is 191 g/mol. The summed E-state index contributed by atoms with van der Waals surface area (Å²) in [6, 6.07) is 6.50. The Morgan fingerprint density at radius 3 is 2.86 bits per heavy atom. The van der Waals surface area contributed by atoms with Gasteiger partial charge in [-0.15, -0.1) is 0 Å². The standard InChI is InChI=1S/C10H10FN3/c1-6-4-7(11)5-9-8(6)2-3-10(13-9)14-12/h2-5H,12H2,1H3,(H,13,14). The molecule has 4 heteroatoms. The first-order chi connectivity index (χ1) is 6.70. The van der Waals surface area contributed by atoms with Crippen LogP contribution in [0.25, 0.3) is 10.9 Å². The molecular formula is C10H10FN3. The Labute approximate surface area is 80.7 Å². The molecule has 0 aliphatic carbocycles. The lowest BCUT2D eigenvalue weighted by Crippen LogP contribution is -2.08. The number of nitrogen functional groups attached to an aromatic ring is 1. The number of halogens is 1. The predicted molar refractivity (Wildman–Crippen MR) is 54.2 cm³/mol. The second-order valence-electron chi connectivity index (χ2n) is 3.13. The number of pyridine rings is 1. The summed E-state index contributed by atoms with van der Waals surface area (Å²) in [6.07, 6.45) is 0. The molecule has 3 nitrogen and oxygen atoms in total. The van der Waals surface area contributed by atoms with Crippen molar-refractivity contribution in [3.05, 3.63) is 35.6 Å². The average Bonchev–Trinajstić information content (AvgIpc) is 2.16. The minimum Gasteiger partial charge on any atom is -0.308 e. The van der Waals surface area contributed by atoms with E-state index in [1.165, 1.54) is 12.1 Å². The topological polar surface area (TPSA) is 50.9 Å². The Bertz CT molecular complexity index is 482. The van der Waals surface area contributed by atoms with Crippen LogP contribution in [0.2, 0.25) is 0 Å². The van der Waals surface area contributed by atoms with Gasteiger partial charge in [0.1, 0.15) is 11.6 Å². The van der Waals surface area contributed by atoms with Gasteiger partial charge >= 0.3 is 0 Å². The third-order valence-corrected chi connectivity index (χ3v) is 2.13. The smallest absolute Gasteiger partial charge is 0.140 e. The Hall–Kier alpha value is -1.68. The van der Waals surface area contributed by atoms with Gasteiger partial charge in [-0.05, 0) is 30.7 Å². The molecule has 0 aliphatic heterocycles. The summed E-state index contributed by atoms with van der Waals surface area (Å²) in [4.78, 5) is 4.14. The molecule has 1 aromatic carbocycles. The summed E-state index contributed by atoms with van der Waals surface area (Å²) in [6.45, 7) is 1.85. The maximum Gasteiger partial charge on any atom is 0.140 e. The van der Waals surface area contributed by atoms with Crippen LogP contribution in [0.15, 0.2) is 24.3 Å². The van der Waals surface area contributed by atoms with E-state index in [2.05, 4.69) is 10.4 Å². The van der Waals surface area contributed by atoms with Crippen LogP contribution in [0.4, 0.5) is 10.2 Å². The van der Waals surface area contributed by atoms with Crippen LogP contribution >= 0.6 is 0 Å². The van der Waals surface area contributed by atoms with E-state index in [1.807, 2.05) is 13.0 Å². The van der Waals surface area contributed by atoms with E-state index in [4.69, 9.17) is 5.84 Å². The zero-order valence-corrected chi connectivity index (χ0v) is 7.71. The van der Waals surface area contributed by atoms with E-state index in [0.717, 1.165) is 10.9 Å². The van der Waals surface area contributed by atoms with Gasteiger partial charge in [0, 0.05) is 11.5 Å².